The minimum Gasteiger partial charge on any atom is -0.481 e. The third-order valence-electron chi connectivity index (χ3n) is 2.47. The number of carbonyl (C=O) groups excluding carboxylic acids is 1. The molecule has 0 aromatic heterocycles. The van der Waals surface area contributed by atoms with Crippen molar-refractivity contribution in [3.63, 3.8) is 0 Å². The Bertz CT molecular complexity index is 229. The number of hydrogen-bond donors (Lipinski definition) is 2. The number of carbonyl (C=O) groups is 2. The van der Waals surface area contributed by atoms with Crippen LogP contribution in [0.5, 0.6) is 0 Å². The molecule has 1 fully saturated rings. The molecule has 0 bridgehead atoms. The van der Waals surface area contributed by atoms with Crippen LogP contribution in [0.15, 0.2) is 0 Å². The Morgan fingerprint density at radius 3 is 2.57 bits per heavy atom. The van der Waals surface area contributed by atoms with Crippen molar-refractivity contribution in [2.24, 2.45) is 11.8 Å². The zero-order valence-electron chi connectivity index (χ0n) is 8.16. The summed E-state index contributed by atoms with van der Waals surface area (Å²) in [5, 5.41) is 8.73. The molecule has 1 amide bonds. The lowest BCUT2D eigenvalue weighted by molar-refractivity contribution is -0.142. The van der Waals surface area contributed by atoms with Crippen LogP contribution in [-0.4, -0.2) is 23.6 Å². The van der Waals surface area contributed by atoms with Gasteiger partial charge in [0.15, 0.2) is 0 Å². The first-order valence-electron chi connectivity index (χ1n) is 4.79. The lowest BCUT2D eigenvalue weighted by Crippen LogP contribution is -2.29. The molecule has 0 spiro atoms. The summed E-state index contributed by atoms with van der Waals surface area (Å²) in [5.74, 6) is -1.58. The molecule has 1 saturated carbocycles. The van der Waals surface area contributed by atoms with Gasteiger partial charge in [0, 0.05) is 5.92 Å². The third kappa shape index (κ3) is 2.70. The van der Waals surface area contributed by atoms with E-state index in [4.69, 9.17) is 9.94 Å². The van der Waals surface area contributed by atoms with Gasteiger partial charge in [-0.25, -0.2) is 5.48 Å². The van der Waals surface area contributed by atoms with E-state index in [2.05, 4.69) is 5.48 Å². The zero-order valence-corrected chi connectivity index (χ0v) is 8.16. The monoisotopic (exact) mass is 201 g/mol. The number of amides is 1. The molecule has 1 rings (SSSR count). The molecule has 1 aliphatic rings. The van der Waals surface area contributed by atoms with Crippen molar-refractivity contribution in [2.45, 2.75) is 26.2 Å². The molecular formula is C9H15NO4. The van der Waals surface area contributed by atoms with Crippen LogP contribution in [0.1, 0.15) is 26.2 Å². The molecule has 0 heterocycles. The molecule has 5 nitrogen and oxygen atoms in total. The second-order valence-corrected chi connectivity index (χ2v) is 3.44. The molecule has 0 aromatic rings. The molecule has 14 heavy (non-hydrogen) atoms. The predicted octanol–water partition coefficient (Wildman–Crippen LogP) is 0.555. The van der Waals surface area contributed by atoms with Gasteiger partial charge >= 0.3 is 5.97 Å². The first kappa shape index (κ1) is 11.0. The first-order valence-corrected chi connectivity index (χ1v) is 4.79. The van der Waals surface area contributed by atoms with Crippen LogP contribution < -0.4 is 5.48 Å². The Morgan fingerprint density at radius 1 is 1.43 bits per heavy atom. The molecule has 80 valence electrons. The molecule has 0 radical (unpaired) electrons. The molecule has 1 aliphatic carbocycles. The quantitative estimate of drug-likeness (QED) is 0.651. The number of nitrogens with one attached hydrogen (secondary N) is 1. The van der Waals surface area contributed by atoms with Gasteiger partial charge in [0.25, 0.3) is 0 Å². The van der Waals surface area contributed by atoms with E-state index in [1.165, 1.54) is 0 Å². The van der Waals surface area contributed by atoms with E-state index < -0.39 is 5.97 Å². The van der Waals surface area contributed by atoms with Crippen LogP contribution in [0.25, 0.3) is 0 Å². The fourth-order valence-corrected chi connectivity index (χ4v) is 1.67. The lowest BCUT2D eigenvalue weighted by atomic mass is 10.1. The fourth-order valence-electron chi connectivity index (χ4n) is 1.67. The Morgan fingerprint density at radius 2 is 2.07 bits per heavy atom. The molecule has 0 aliphatic heterocycles. The second-order valence-electron chi connectivity index (χ2n) is 3.44. The average molecular weight is 201 g/mol. The van der Waals surface area contributed by atoms with Crippen molar-refractivity contribution in [2.75, 3.05) is 6.61 Å². The molecule has 5 heteroatoms. The molecule has 2 atom stereocenters. The number of aliphatic carboxylic acids is 1. The molecule has 0 aromatic carbocycles. The highest BCUT2D eigenvalue weighted by Crippen LogP contribution is 2.30. The van der Waals surface area contributed by atoms with Crippen molar-refractivity contribution in [1.82, 2.24) is 5.48 Å². The van der Waals surface area contributed by atoms with Gasteiger partial charge in [-0.05, 0) is 26.2 Å². The molecule has 0 saturated heterocycles. The predicted molar refractivity (Wildman–Crippen MR) is 48.2 cm³/mol. The Hall–Kier alpha value is -1.10. The van der Waals surface area contributed by atoms with Crippen LogP contribution in [0.4, 0.5) is 0 Å². The minimum absolute atomic E-state index is 0.199. The van der Waals surface area contributed by atoms with Crippen molar-refractivity contribution < 1.29 is 19.5 Å². The highest BCUT2D eigenvalue weighted by atomic mass is 16.6. The summed E-state index contributed by atoms with van der Waals surface area (Å²) in [7, 11) is 0. The maximum Gasteiger partial charge on any atom is 0.306 e. The minimum atomic E-state index is -0.809. The third-order valence-corrected chi connectivity index (χ3v) is 2.47. The molecule has 2 N–H and O–H groups in total. The van der Waals surface area contributed by atoms with Crippen molar-refractivity contribution in [3.8, 4) is 0 Å². The van der Waals surface area contributed by atoms with E-state index in [0.29, 0.717) is 25.9 Å². The maximum atomic E-state index is 11.3. The van der Waals surface area contributed by atoms with Crippen LogP contribution >= 0.6 is 0 Å². The summed E-state index contributed by atoms with van der Waals surface area (Å²) in [6.07, 6.45) is 1.64. The number of carboxylic acid groups (broad SMARTS) is 1. The summed E-state index contributed by atoms with van der Waals surface area (Å²) >= 11 is 0. The Kier molecular flexibility index (Phi) is 3.88. The van der Waals surface area contributed by atoms with Gasteiger partial charge < -0.3 is 5.11 Å². The van der Waals surface area contributed by atoms with E-state index in [1.54, 1.807) is 6.92 Å². The summed E-state index contributed by atoms with van der Waals surface area (Å²) in [6, 6.07) is 0. The van der Waals surface area contributed by atoms with Crippen LogP contribution in [0.3, 0.4) is 0 Å². The SMILES string of the molecule is CCONC(=O)C1CCC(C(=O)O)C1. The summed E-state index contributed by atoms with van der Waals surface area (Å²) in [6.45, 7) is 2.19. The van der Waals surface area contributed by atoms with Gasteiger partial charge in [-0.3, -0.25) is 14.4 Å². The van der Waals surface area contributed by atoms with Gasteiger partial charge in [0.1, 0.15) is 0 Å². The fraction of sp³-hybridized carbons (Fsp3) is 0.778. The van der Waals surface area contributed by atoms with E-state index in [1.807, 2.05) is 0 Å². The second kappa shape index (κ2) is 4.95. The summed E-state index contributed by atoms with van der Waals surface area (Å²) in [5.41, 5.74) is 2.30. The van der Waals surface area contributed by atoms with E-state index >= 15 is 0 Å². The summed E-state index contributed by atoms with van der Waals surface area (Å²) in [4.78, 5) is 26.7. The lowest BCUT2D eigenvalue weighted by Gasteiger charge is -2.09. The van der Waals surface area contributed by atoms with Gasteiger partial charge in [-0.1, -0.05) is 0 Å². The number of hydroxylamine groups is 1. The number of hydrogen-bond acceptors (Lipinski definition) is 3. The Labute approximate surface area is 82.4 Å². The highest BCUT2D eigenvalue weighted by molar-refractivity contribution is 5.79. The van der Waals surface area contributed by atoms with Crippen LogP contribution in [-0.2, 0) is 14.4 Å². The maximum absolute atomic E-state index is 11.3. The number of carboxylic acids is 1. The largest absolute Gasteiger partial charge is 0.481 e. The van der Waals surface area contributed by atoms with E-state index in [0.717, 1.165) is 0 Å². The highest BCUT2D eigenvalue weighted by Gasteiger charge is 2.33. The normalized spacial score (nSPS) is 26.1. The molecular weight excluding hydrogens is 186 g/mol. The van der Waals surface area contributed by atoms with Crippen LogP contribution in [0, 0.1) is 11.8 Å². The summed E-state index contributed by atoms with van der Waals surface area (Å²) < 4.78 is 0. The van der Waals surface area contributed by atoms with Crippen molar-refractivity contribution in [3.05, 3.63) is 0 Å². The van der Waals surface area contributed by atoms with Crippen LogP contribution in [0.2, 0.25) is 0 Å². The average Bonchev–Trinajstić information content (AvgIpc) is 2.62. The first-order chi connectivity index (χ1) is 6.65. The standard InChI is InChI=1S/C9H15NO4/c1-2-14-10-8(11)6-3-4-7(5-6)9(12)13/h6-7H,2-5H2,1H3,(H,10,11)(H,12,13). The van der Waals surface area contributed by atoms with Gasteiger partial charge in [0.05, 0.1) is 12.5 Å². The van der Waals surface area contributed by atoms with Crippen molar-refractivity contribution in [1.29, 1.82) is 0 Å². The van der Waals surface area contributed by atoms with Gasteiger partial charge in [-0.15, -0.1) is 0 Å². The van der Waals surface area contributed by atoms with E-state index in [-0.39, 0.29) is 17.7 Å². The Balaban J connectivity index is 2.34. The van der Waals surface area contributed by atoms with Crippen molar-refractivity contribution >= 4 is 11.9 Å². The molecule has 2 unspecified atom stereocenters. The van der Waals surface area contributed by atoms with E-state index in [9.17, 15) is 9.59 Å². The topological polar surface area (TPSA) is 75.6 Å². The van der Waals surface area contributed by atoms with Gasteiger partial charge in [0.2, 0.25) is 5.91 Å². The zero-order chi connectivity index (χ0) is 10.6. The van der Waals surface area contributed by atoms with Gasteiger partial charge in [-0.2, -0.15) is 0 Å². The smallest absolute Gasteiger partial charge is 0.306 e. The number of rotatable bonds is 4.